The second-order valence-electron chi connectivity index (χ2n) is 10.4. The van der Waals surface area contributed by atoms with Crippen molar-refractivity contribution in [2.24, 2.45) is 5.92 Å². The number of allylic oxidation sites excluding steroid dienone is 2. The molecule has 1 aromatic carbocycles. The Balaban J connectivity index is 1.77. The van der Waals surface area contributed by atoms with Gasteiger partial charge in [-0.05, 0) is 73.8 Å². The van der Waals surface area contributed by atoms with Gasteiger partial charge in [-0.2, -0.15) is 0 Å². The molecule has 2 aliphatic rings. The molecular formula is C28H43NO4. The summed E-state index contributed by atoms with van der Waals surface area (Å²) in [6.45, 7) is 15.7. The highest BCUT2D eigenvalue weighted by Crippen LogP contribution is 2.48. The smallest absolute Gasteiger partial charge is 0.126 e. The van der Waals surface area contributed by atoms with Crippen LogP contribution in [0.2, 0.25) is 0 Å². The summed E-state index contributed by atoms with van der Waals surface area (Å²) in [4.78, 5) is 2.48. The van der Waals surface area contributed by atoms with Gasteiger partial charge in [-0.25, -0.2) is 0 Å². The average molecular weight is 458 g/mol. The van der Waals surface area contributed by atoms with Crippen molar-refractivity contribution >= 4 is 0 Å². The second-order valence-corrected chi connectivity index (χ2v) is 10.4. The lowest BCUT2D eigenvalue weighted by Gasteiger charge is -2.33. The summed E-state index contributed by atoms with van der Waals surface area (Å²) in [7, 11) is 1.67. The molecule has 1 heterocycles. The maximum Gasteiger partial charge on any atom is 0.126 e. The molecule has 0 amide bonds. The lowest BCUT2D eigenvalue weighted by Crippen LogP contribution is -2.36. The predicted molar refractivity (Wildman–Crippen MR) is 134 cm³/mol. The van der Waals surface area contributed by atoms with Crippen molar-refractivity contribution in [1.82, 2.24) is 4.90 Å². The third kappa shape index (κ3) is 6.40. The van der Waals surface area contributed by atoms with Gasteiger partial charge in [0.15, 0.2) is 0 Å². The zero-order valence-electron chi connectivity index (χ0n) is 21.0. The number of nitrogens with zero attached hydrogens (tertiary/aromatic N) is 1. The molecule has 2 N–H and O–H groups in total. The van der Waals surface area contributed by atoms with Gasteiger partial charge in [-0.15, -0.1) is 0 Å². The predicted octanol–water partition coefficient (Wildman–Crippen LogP) is 5.17. The van der Waals surface area contributed by atoms with E-state index in [4.69, 9.17) is 9.47 Å². The Kier molecular flexibility index (Phi) is 9.02. The summed E-state index contributed by atoms with van der Waals surface area (Å²) in [5, 5.41) is 20.9. The van der Waals surface area contributed by atoms with E-state index in [0.29, 0.717) is 0 Å². The molecule has 0 bridgehead atoms. The lowest BCUT2D eigenvalue weighted by atomic mass is 9.72. The van der Waals surface area contributed by atoms with Gasteiger partial charge in [0.25, 0.3) is 0 Å². The minimum atomic E-state index is -0.0687. The number of ether oxygens (including phenoxy) is 2. The van der Waals surface area contributed by atoms with Gasteiger partial charge in [0.1, 0.15) is 11.5 Å². The molecule has 1 fully saturated rings. The van der Waals surface area contributed by atoms with Gasteiger partial charge in [0.2, 0.25) is 0 Å². The summed E-state index contributed by atoms with van der Waals surface area (Å²) in [5.41, 5.74) is 3.95. The van der Waals surface area contributed by atoms with Gasteiger partial charge in [0, 0.05) is 24.6 Å². The molecule has 33 heavy (non-hydrogen) atoms. The van der Waals surface area contributed by atoms with Crippen LogP contribution < -0.4 is 4.74 Å². The van der Waals surface area contributed by atoms with E-state index < -0.39 is 0 Å². The molecule has 0 spiro atoms. The van der Waals surface area contributed by atoms with E-state index in [9.17, 15) is 10.2 Å². The number of benzene rings is 1. The zero-order valence-corrected chi connectivity index (χ0v) is 21.0. The van der Waals surface area contributed by atoms with Crippen LogP contribution in [-0.2, 0) is 10.2 Å². The van der Waals surface area contributed by atoms with Crippen molar-refractivity contribution in [2.45, 2.75) is 64.2 Å². The molecule has 0 radical (unpaired) electrons. The Hall–Kier alpha value is -1.82. The summed E-state index contributed by atoms with van der Waals surface area (Å²) in [6, 6.07) is 4.03. The summed E-state index contributed by atoms with van der Waals surface area (Å²) < 4.78 is 11.3. The number of phenols is 1. The molecule has 0 aromatic heterocycles. The number of methoxy groups -OCH3 is 1. The first-order valence-electron chi connectivity index (χ1n) is 12.4. The van der Waals surface area contributed by atoms with Crippen LogP contribution in [0.4, 0.5) is 0 Å². The Morgan fingerprint density at radius 3 is 2.61 bits per heavy atom. The van der Waals surface area contributed by atoms with E-state index in [1.165, 1.54) is 6.42 Å². The fourth-order valence-corrected chi connectivity index (χ4v) is 5.32. The van der Waals surface area contributed by atoms with Crippen LogP contribution in [0.3, 0.4) is 0 Å². The van der Waals surface area contributed by atoms with Gasteiger partial charge < -0.3 is 19.7 Å². The van der Waals surface area contributed by atoms with Crippen LogP contribution in [0.15, 0.2) is 35.9 Å². The number of phenolic OH excluding ortho intramolecular Hbond substituents is 1. The van der Waals surface area contributed by atoms with Crippen molar-refractivity contribution < 1.29 is 19.7 Å². The van der Waals surface area contributed by atoms with Gasteiger partial charge >= 0.3 is 0 Å². The van der Waals surface area contributed by atoms with Crippen LogP contribution in [0.5, 0.6) is 11.5 Å². The fraction of sp³-hybridized carbons (Fsp3) is 0.643. The van der Waals surface area contributed by atoms with E-state index in [1.54, 1.807) is 7.11 Å². The minimum Gasteiger partial charge on any atom is -0.507 e. The molecule has 1 aliphatic carbocycles. The maximum absolute atomic E-state index is 11.2. The molecule has 1 saturated heterocycles. The second kappa shape index (κ2) is 11.5. The SMILES string of the molecule is C=C(C)[C@H]1CCC(CO)=C[C@@H]1c1c(O)cc(C(C)(C)CCCCN2CCOCC2)cc1OC. The van der Waals surface area contributed by atoms with Crippen LogP contribution >= 0.6 is 0 Å². The molecule has 2 atom stereocenters. The zero-order chi connectivity index (χ0) is 24.0. The van der Waals surface area contributed by atoms with E-state index >= 15 is 0 Å². The fourth-order valence-electron chi connectivity index (χ4n) is 5.32. The summed E-state index contributed by atoms with van der Waals surface area (Å²) >= 11 is 0. The van der Waals surface area contributed by atoms with Crippen LogP contribution in [0.25, 0.3) is 0 Å². The number of morpholine rings is 1. The Morgan fingerprint density at radius 1 is 1.24 bits per heavy atom. The maximum atomic E-state index is 11.2. The number of aliphatic hydroxyl groups is 1. The highest BCUT2D eigenvalue weighted by atomic mass is 16.5. The Bertz CT molecular complexity index is 839. The normalized spacial score (nSPS) is 22.2. The Morgan fingerprint density at radius 2 is 1.97 bits per heavy atom. The topological polar surface area (TPSA) is 62.2 Å². The first-order chi connectivity index (χ1) is 15.8. The van der Waals surface area contributed by atoms with Crippen LogP contribution in [0.1, 0.15) is 69.9 Å². The monoisotopic (exact) mass is 457 g/mol. The van der Waals surface area contributed by atoms with E-state index in [1.807, 2.05) is 13.0 Å². The molecule has 3 rings (SSSR count). The third-order valence-corrected chi connectivity index (χ3v) is 7.55. The molecule has 1 aliphatic heterocycles. The van der Waals surface area contributed by atoms with Gasteiger partial charge in [-0.1, -0.05) is 38.5 Å². The highest BCUT2D eigenvalue weighted by Gasteiger charge is 2.32. The van der Waals surface area contributed by atoms with Crippen molar-refractivity contribution in [2.75, 3.05) is 46.6 Å². The largest absolute Gasteiger partial charge is 0.507 e. The lowest BCUT2D eigenvalue weighted by molar-refractivity contribution is 0.0370. The van der Waals surface area contributed by atoms with E-state index in [0.717, 1.165) is 86.6 Å². The van der Waals surface area contributed by atoms with Crippen molar-refractivity contribution in [3.63, 3.8) is 0 Å². The Labute approximate surface area is 200 Å². The molecule has 5 nitrogen and oxygen atoms in total. The average Bonchev–Trinajstić information content (AvgIpc) is 2.81. The molecule has 1 aromatic rings. The van der Waals surface area contributed by atoms with Crippen molar-refractivity contribution in [1.29, 1.82) is 0 Å². The number of hydrogen-bond acceptors (Lipinski definition) is 5. The molecule has 0 saturated carbocycles. The first kappa shape index (κ1) is 25.8. The van der Waals surface area contributed by atoms with Crippen molar-refractivity contribution in [3.05, 3.63) is 47.1 Å². The quantitative estimate of drug-likeness (QED) is 0.375. The first-order valence-corrected chi connectivity index (χ1v) is 12.4. The molecule has 184 valence electrons. The molecule has 5 heteroatoms. The van der Waals surface area contributed by atoms with E-state index in [-0.39, 0.29) is 29.6 Å². The van der Waals surface area contributed by atoms with Gasteiger partial charge in [0.05, 0.1) is 26.9 Å². The van der Waals surface area contributed by atoms with Crippen LogP contribution in [-0.4, -0.2) is 61.7 Å². The van der Waals surface area contributed by atoms with Crippen LogP contribution in [0, 0.1) is 5.92 Å². The summed E-state index contributed by atoms with van der Waals surface area (Å²) in [6.07, 6.45) is 7.25. The molecule has 0 unspecified atom stereocenters. The van der Waals surface area contributed by atoms with Crippen molar-refractivity contribution in [3.8, 4) is 11.5 Å². The minimum absolute atomic E-state index is 0.0426. The number of aromatic hydroxyl groups is 1. The summed E-state index contributed by atoms with van der Waals surface area (Å²) in [5.74, 6) is 1.17. The number of hydrogen-bond donors (Lipinski definition) is 2. The van der Waals surface area contributed by atoms with E-state index in [2.05, 4.69) is 37.5 Å². The molecular weight excluding hydrogens is 414 g/mol. The third-order valence-electron chi connectivity index (χ3n) is 7.55. The number of unbranched alkanes of at least 4 members (excludes halogenated alkanes) is 1. The highest BCUT2D eigenvalue weighted by molar-refractivity contribution is 5.53. The standard InChI is InChI=1S/C28H43NO4/c1-20(2)23-9-8-21(19-30)16-24(23)27-25(31)17-22(18-26(27)32-5)28(3,4)10-6-7-11-29-12-14-33-15-13-29/h16-18,23-24,30-31H,1,6-15,19H2,2-5H3/t23-,24+/m1/s1. The number of aliphatic hydroxyl groups excluding tert-OH is 1. The van der Waals surface area contributed by atoms with Gasteiger partial charge in [-0.3, -0.25) is 4.90 Å². The number of rotatable bonds is 10.